The first-order valence-corrected chi connectivity index (χ1v) is 8.33. The van der Waals surface area contributed by atoms with Gasteiger partial charge in [0.05, 0.1) is 17.4 Å². The number of rotatable bonds is 5. The van der Waals surface area contributed by atoms with E-state index in [1.165, 1.54) is 6.07 Å². The van der Waals surface area contributed by atoms with E-state index in [0.717, 1.165) is 22.5 Å². The van der Waals surface area contributed by atoms with Gasteiger partial charge >= 0.3 is 5.88 Å². The highest BCUT2D eigenvalue weighted by molar-refractivity contribution is 5.78. The van der Waals surface area contributed by atoms with Crippen LogP contribution in [0.2, 0.25) is 0 Å². The molecule has 0 amide bonds. The van der Waals surface area contributed by atoms with Crippen LogP contribution in [0.1, 0.15) is 11.3 Å². The van der Waals surface area contributed by atoms with Crippen LogP contribution in [0.3, 0.4) is 0 Å². The van der Waals surface area contributed by atoms with Crippen LogP contribution < -0.4 is 0 Å². The van der Waals surface area contributed by atoms with Gasteiger partial charge < -0.3 is 4.42 Å². The number of nitro groups is 1. The predicted molar refractivity (Wildman–Crippen MR) is 103 cm³/mol. The maximum atomic E-state index is 10.8. The molecule has 0 radical (unpaired) electrons. The van der Waals surface area contributed by atoms with Crippen LogP contribution in [-0.4, -0.2) is 14.7 Å². The summed E-state index contributed by atoms with van der Waals surface area (Å²) in [6.07, 6.45) is 5.47. The number of nitrogens with zero attached hydrogens (tertiary/aromatic N) is 3. The highest BCUT2D eigenvalue weighted by atomic mass is 16.6. The topological polar surface area (TPSA) is 74.1 Å². The monoisotopic (exact) mass is 357 g/mol. The van der Waals surface area contributed by atoms with Gasteiger partial charge in [0.1, 0.15) is 10.7 Å². The van der Waals surface area contributed by atoms with Crippen molar-refractivity contribution in [2.75, 3.05) is 0 Å². The van der Waals surface area contributed by atoms with Crippen LogP contribution in [0.5, 0.6) is 0 Å². The normalized spacial score (nSPS) is 11.1. The minimum absolute atomic E-state index is 0.280. The molecule has 27 heavy (non-hydrogen) atoms. The molecule has 0 aliphatic rings. The average Bonchev–Trinajstić information content (AvgIpc) is 3.35. The summed E-state index contributed by atoms with van der Waals surface area (Å²) in [5, 5.41) is 15.5. The standard InChI is InChI=1S/C21H15N3O3/c25-24(26)20-14-13-19(27-20)12-11-17-15-23(18-9-5-2-6-10-18)22-21(17)16-7-3-1-4-8-16/h1-15H/b12-11+. The molecular weight excluding hydrogens is 342 g/mol. The van der Waals surface area contributed by atoms with Crippen LogP contribution in [0.15, 0.2) is 83.4 Å². The molecule has 2 heterocycles. The Morgan fingerprint density at radius 1 is 0.926 bits per heavy atom. The molecule has 0 spiro atoms. The number of para-hydroxylation sites is 1. The van der Waals surface area contributed by atoms with Crippen molar-refractivity contribution in [3.05, 3.63) is 100 Å². The second-order valence-electron chi connectivity index (χ2n) is 5.85. The summed E-state index contributed by atoms with van der Waals surface area (Å²) in [6.45, 7) is 0. The smallest absolute Gasteiger partial charge is 0.401 e. The Morgan fingerprint density at radius 3 is 2.30 bits per heavy atom. The lowest BCUT2D eigenvalue weighted by Gasteiger charge is -2.00. The zero-order chi connectivity index (χ0) is 18.6. The molecule has 0 N–H and O–H groups in total. The van der Waals surface area contributed by atoms with E-state index in [9.17, 15) is 10.1 Å². The van der Waals surface area contributed by atoms with E-state index in [-0.39, 0.29) is 5.88 Å². The summed E-state index contributed by atoms with van der Waals surface area (Å²) in [4.78, 5) is 10.2. The molecular formula is C21H15N3O3. The van der Waals surface area contributed by atoms with Crippen molar-refractivity contribution in [3.63, 3.8) is 0 Å². The maximum Gasteiger partial charge on any atom is 0.433 e. The van der Waals surface area contributed by atoms with Crippen molar-refractivity contribution in [2.45, 2.75) is 0 Å². The number of hydrogen-bond donors (Lipinski definition) is 0. The third-order valence-electron chi connectivity index (χ3n) is 4.03. The fraction of sp³-hybridized carbons (Fsp3) is 0. The van der Waals surface area contributed by atoms with E-state index in [4.69, 9.17) is 9.52 Å². The van der Waals surface area contributed by atoms with E-state index in [0.29, 0.717) is 5.76 Å². The summed E-state index contributed by atoms with van der Waals surface area (Å²) in [6, 6.07) is 22.6. The first kappa shape index (κ1) is 16.5. The predicted octanol–water partition coefficient (Wildman–Crippen LogP) is 5.21. The number of hydrogen-bond acceptors (Lipinski definition) is 4. The molecule has 0 atom stereocenters. The molecule has 4 aromatic rings. The molecule has 0 fully saturated rings. The van der Waals surface area contributed by atoms with Gasteiger partial charge in [-0.2, -0.15) is 5.10 Å². The number of benzene rings is 2. The van der Waals surface area contributed by atoms with Gasteiger partial charge in [-0.1, -0.05) is 48.5 Å². The summed E-state index contributed by atoms with van der Waals surface area (Å²) in [7, 11) is 0. The van der Waals surface area contributed by atoms with Crippen molar-refractivity contribution in [3.8, 4) is 16.9 Å². The fourth-order valence-corrected chi connectivity index (χ4v) is 2.74. The van der Waals surface area contributed by atoms with Gasteiger partial charge in [-0.15, -0.1) is 0 Å². The molecule has 0 aliphatic carbocycles. The molecule has 6 heteroatoms. The Morgan fingerprint density at radius 2 is 1.63 bits per heavy atom. The summed E-state index contributed by atoms with van der Waals surface area (Å²) < 4.78 is 7.00. The van der Waals surface area contributed by atoms with Gasteiger partial charge in [0.25, 0.3) is 0 Å². The average molecular weight is 357 g/mol. The highest BCUT2D eigenvalue weighted by Gasteiger charge is 2.12. The SMILES string of the molecule is O=[N+]([O-])c1ccc(/C=C/c2cn(-c3ccccc3)nc2-c2ccccc2)o1. The van der Waals surface area contributed by atoms with Gasteiger partial charge in [0.15, 0.2) is 0 Å². The second kappa shape index (κ2) is 7.13. The van der Waals surface area contributed by atoms with Crippen LogP contribution >= 0.6 is 0 Å². The van der Waals surface area contributed by atoms with Crippen molar-refractivity contribution < 1.29 is 9.34 Å². The van der Waals surface area contributed by atoms with Crippen molar-refractivity contribution >= 4 is 18.0 Å². The van der Waals surface area contributed by atoms with E-state index in [1.54, 1.807) is 12.1 Å². The highest BCUT2D eigenvalue weighted by Crippen LogP contribution is 2.26. The number of aromatic nitrogens is 2. The van der Waals surface area contributed by atoms with Crippen LogP contribution in [0.4, 0.5) is 5.88 Å². The number of furan rings is 1. The first-order valence-electron chi connectivity index (χ1n) is 8.33. The first-order chi connectivity index (χ1) is 13.2. The molecule has 2 aromatic carbocycles. The Labute approximate surface area is 155 Å². The molecule has 2 aromatic heterocycles. The van der Waals surface area contributed by atoms with Crippen LogP contribution in [-0.2, 0) is 0 Å². The van der Waals surface area contributed by atoms with Crippen molar-refractivity contribution in [2.24, 2.45) is 0 Å². The maximum absolute atomic E-state index is 10.8. The lowest BCUT2D eigenvalue weighted by molar-refractivity contribution is -0.402. The van der Waals surface area contributed by atoms with Gasteiger partial charge in [-0.3, -0.25) is 10.1 Å². The minimum atomic E-state index is -0.555. The largest absolute Gasteiger partial charge is 0.433 e. The molecule has 0 bridgehead atoms. The Kier molecular flexibility index (Phi) is 4.37. The third-order valence-corrected chi connectivity index (χ3v) is 4.03. The second-order valence-corrected chi connectivity index (χ2v) is 5.85. The summed E-state index contributed by atoms with van der Waals surface area (Å²) >= 11 is 0. The molecule has 0 aliphatic heterocycles. The molecule has 0 unspecified atom stereocenters. The van der Waals surface area contributed by atoms with Crippen LogP contribution in [0, 0.1) is 10.1 Å². The quantitative estimate of drug-likeness (QED) is 0.363. The van der Waals surface area contributed by atoms with E-state index >= 15 is 0 Å². The zero-order valence-corrected chi connectivity index (χ0v) is 14.2. The lowest BCUT2D eigenvalue weighted by Crippen LogP contribution is -1.93. The molecule has 132 valence electrons. The fourth-order valence-electron chi connectivity index (χ4n) is 2.74. The van der Waals surface area contributed by atoms with Gasteiger partial charge in [0, 0.05) is 17.3 Å². The molecule has 6 nitrogen and oxygen atoms in total. The summed E-state index contributed by atoms with van der Waals surface area (Å²) in [5.41, 5.74) is 3.63. The minimum Gasteiger partial charge on any atom is -0.401 e. The van der Waals surface area contributed by atoms with Crippen molar-refractivity contribution in [1.82, 2.24) is 9.78 Å². The van der Waals surface area contributed by atoms with E-state index < -0.39 is 4.92 Å². The lowest BCUT2D eigenvalue weighted by atomic mass is 10.1. The van der Waals surface area contributed by atoms with Gasteiger partial charge in [-0.25, -0.2) is 4.68 Å². The third kappa shape index (κ3) is 3.55. The Bertz CT molecular complexity index is 1100. The summed E-state index contributed by atoms with van der Waals surface area (Å²) in [5.74, 6) is 0.131. The molecule has 4 rings (SSSR count). The van der Waals surface area contributed by atoms with Crippen LogP contribution in [0.25, 0.3) is 29.1 Å². The Balaban J connectivity index is 1.74. The van der Waals surface area contributed by atoms with Crippen molar-refractivity contribution in [1.29, 1.82) is 0 Å². The van der Waals surface area contributed by atoms with E-state index in [1.807, 2.05) is 77.6 Å². The molecule has 0 saturated heterocycles. The zero-order valence-electron chi connectivity index (χ0n) is 14.2. The van der Waals surface area contributed by atoms with E-state index in [2.05, 4.69) is 0 Å². The molecule has 0 saturated carbocycles. The van der Waals surface area contributed by atoms with Gasteiger partial charge in [-0.05, 0) is 30.4 Å². The Hall–Kier alpha value is -3.93. The van der Waals surface area contributed by atoms with Gasteiger partial charge in [0.2, 0.25) is 0 Å².